The molecule has 6 heteroatoms. The van der Waals surface area contributed by atoms with Crippen molar-refractivity contribution in [3.05, 3.63) is 84.4 Å². The molecular weight excluding hydrogens is 486 g/mol. The number of pyridine rings is 1. The number of unbranched alkanes of at least 4 members (excludes halogenated alkanes) is 3. The molecule has 208 valence electrons. The summed E-state index contributed by atoms with van der Waals surface area (Å²) >= 11 is 0. The van der Waals surface area contributed by atoms with Gasteiger partial charge in [-0.15, -0.1) is 0 Å². The summed E-state index contributed by atoms with van der Waals surface area (Å²) in [6.07, 6.45) is 11.0. The number of hydrogen-bond donors (Lipinski definition) is 0. The van der Waals surface area contributed by atoms with E-state index >= 15 is 0 Å². The number of hydrogen-bond acceptors (Lipinski definition) is 5. The van der Waals surface area contributed by atoms with E-state index in [-0.39, 0.29) is 5.60 Å². The Bertz CT molecular complexity index is 1270. The molecule has 0 N–H and O–H groups in total. The molecule has 0 saturated carbocycles. The van der Waals surface area contributed by atoms with Gasteiger partial charge in [0.05, 0.1) is 19.9 Å². The van der Waals surface area contributed by atoms with Crippen LogP contribution in [-0.2, 0) is 19.6 Å². The van der Waals surface area contributed by atoms with Crippen LogP contribution in [0.15, 0.2) is 73.2 Å². The highest BCUT2D eigenvalue weighted by Crippen LogP contribution is 2.32. The summed E-state index contributed by atoms with van der Waals surface area (Å²) in [4.78, 5) is 7.07. The SMILES string of the molecule is COc1cc2cn(CCCCCCN(Cc3ccccn3)Cc3ccccc3OC(C)(C)C)cc2cc1OC. The molecule has 0 amide bonds. The molecule has 0 atom stereocenters. The van der Waals surface area contributed by atoms with E-state index in [1.807, 2.05) is 30.5 Å². The van der Waals surface area contributed by atoms with Gasteiger partial charge in [-0.2, -0.15) is 0 Å². The van der Waals surface area contributed by atoms with Crippen molar-refractivity contribution in [2.75, 3.05) is 20.8 Å². The highest BCUT2D eigenvalue weighted by atomic mass is 16.5. The molecule has 0 fully saturated rings. The lowest BCUT2D eigenvalue weighted by Crippen LogP contribution is -2.27. The molecule has 0 unspecified atom stereocenters. The number of rotatable bonds is 14. The number of fused-ring (bicyclic) bond motifs is 1. The molecule has 0 radical (unpaired) electrons. The topological polar surface area (TPSA) is 48.8 Å². The molecular formula is C33H43N3O3. The first-order chi connectivity index (χ1) is 18.8. The maximum Gasteiger partial charge on any atom is 0.161 e. The van der Waals surface area contributed by atoms with Crippen molar-refractivity contribution in [3.63, 3.8) is 0 Å². The summed E-state index contributed by atoms with van der Waals surface area (Å²) in [6, 6.07) is 18.6. The molecule has 0 aliphatic carbocycles. The summed E-state index contributed by atoms with van der Waals surface area (Å²) in [7, 11) is 3.35. The van der Waals surface area contributed by atoms with Gasteiger partial charge in [-0.05, 0) is 70.5 Å². The Morgan fingerprint density at radius 3 is 2.08 bits per heavy atom. The maximum absolute atomic E-state index is 6.27. The third kappa shape index (κ3) is 8.49. The van der Waals surface area contributed by atoms with E-state index in [9.17, 15) is 0 Å². The van der Waals surface area contributed by atoms with Crippen molar-refractivity contribution in [3.8, 4) is 17.2 Å². The van der Waals surface area contributed by atoms with Crippen molar-refractivity contribution in [2.24, 2.45) is 0 Å². The predicted molar refractivity (Wildman–Crippen MR) is 159 cm³/mol. The zero-order valence-electron chi connectivity index (χ0n) is 24.2. The Balaban J connectivity index is 1.31. The molecule has 0 aliphatic heterocycles. The van der Waals surface area contributed by atoms with Crippen molar-refractivity contribution in [1.82, 2.24) is 14.5 Å². The van der Waals surface area contributed by atoms with E-state index in [1.54, 1.807) is 14.2 Å². The second-order valence-corrected chi connectivity index (χ2v) is 11.1. The van der Waals surface area contributed by atoms with E-state index in [0.717, 1.165) is 62.0 Å². The second kappa shape index (κ2) is 13.5. The quantitative estimate of drug-likeness (QED) is 0.158. The summed E-state index contributed by atoms with van der Waals surface area (Å²) in [5, 5.41) is 2.35. The van der Waals surface area contributed by atoms with Crippen molar-refractivity contribution < 1.29 is 14.2 Å². The van der Waals surface area contributed by atoms with Gasteiger partial charge in [-0.25, -0.2) is 0 Å². The predicted octanol–water partition coefficient (Wildman–Crippen LogP) is 7.49. The van der Waals surface area contributed by atoms with Crippen molar-refractivity contribution in [2.45, 2.75) is 71.7 Å². The molecule has 6 nitrogen and oxygen atoms in total. The number of methoxy groups -OCH3 is 2. The van der Waals surface area contributed by atoms with E-state index in [4.69, 9.17) is 14.2 Å². The number of nitrogens with zero attached hydrogens (tertiary/aromatic N) is 3. The van der Waals surface area contributed by atoms with Crippen LogP contribution in [0, 0.1) is 0 Å². The van der Waals surface area contributed by atoms with Gasteiger partial charge in [0.2, 0.25) is 0 Å². The third-order valence-corrected chi connectivity index (χ3v) is 6.73. The summed E-state index contributed by atoms with van der Waals surface area (Å²) < 4.78 is 19.5. The molecule has 4 aromatic rings. The Morgan fingerprint density at radius 2 is 1.44 bits per heavy atom. The molecule has 4 rings (SSSR count). The largest absolute Gasteiger partial charge is 0.493 e. The fourth-order valence-corrected chi connectivity index (χ4v) is 4.88. The normalized spacial score (nSPS) is 11.7. The van der Waals surface area contributed by atoms with Crippen LogP contribution in [0.2, 0.25) is 0 Å². The minimum atomic E-state index is -0.231. The van der Waals surface area contributed by atoms with E-state index in [1.165, 1.54) is 29.2 Å². The van der Waals surface area contributed by atoms with Crippen molar-refractivity contribution in [1.29, 1.82) is 0 Å². The summed E-state index contributed by atoms with van der Waals surface area (Å²) in [5.41, 5.74) is 2.09. The molecule has 39 heavy (non-hydrogen) atoms. The highest BCUT2D eigenvalue weighted by Gasteiger charge is 2.16. The van der Waals surface area contributed by atoms with Crippen LogP contribution in [0.25, 0.3) is 10.8 Å². The monoisotopic (exact) mass is 529 g/mol. The van der Waals surface area contributed by atoms with Gasteiger partial charge in [0.1, 0.15) is 11.4 Å². The zero-order valence-corrected chi connectivity index (χ0v) is 24.2. The molecule has 2 aromatic heterocycles. The van der Waals surface area contributed by atoms with Crippen LogP contribution in [0.4, 0.5) is 0 Å². The van der Waals surface area contributed by atoms with Crippen LogP contribution >= 0.6 is 0 Å². The lowest BCUT2D eigenvalue weighted by Gasteiger charge is -2.26. The Kier molecular flexibility index (Phi) is 9.88. The lowest BCUT2D eigenvalue weighted by atomic mass is 10.1. The second-order valence-electron chi connectivity index (χ2n) is 11.1. The van der Waals surface area contributed by atoms with Crippen LogP contribution in [0.5, 0.6) is 17.2 Å². The standard InChI is InChI=1S/C33H43N3O3/c1-33(2,3)39-30-16-9-8-14-26(30)22-36(25-29-15-10-11-17-34-29)19-13-7-6-12-18-35-23-27-20-31(37-4)32(38-5)21-28(27)24-35/h8-11,14-17,20-21,23-24H,6-7,12-13,18-19,22,25H2,1-5H3. The number of para-hydroxylation sites is 1. The molecule has 0 bridgehead atoms. The molecule has 2 aromatic carbocycles. The van der Waals surface area contributed by atoms with Crippen molar-refractivity contribution >= 4 is 10.8 Å². The first kappa shape index (κ1) is 28.5. The summed E-state index contributed by atoms with van der Waals surface area (Å²) in [5.74, 6) is 2.50. The number of benzene rings is 2. The molecule has 0 spiro atoms. The number of ether oxygens (including phenoxy) is 3. The molecule has 0 saturated heterocycles. The average molecular weight is 530 g/mol. The Hall–Kier alpha value is -3.51. The minimum Gasteiger partial charge on any atom is -0.493 e. The van der Waals surface area contributed by atoms with Gasteiger partial charge in [0.15, 0.2) is 11.5 Å². The van der Waals surface area contributed by atoms with Gasteiger partial charge in [0.25, 0.3) is 0 Å². The average Bonchev–Trinajstić information content (AvgIpc) is 3.32. The smallest absolute Gasteiger partial charge is 0.161 e. The third-order valence-electron chi connectivity index (χ3n) is 6.73. The molecule has 2 heterocycles. The maximum atomic E-state index is 6.27. The van der Waals surface area contributed by atoms with Gasteiger partial charge >= 0.3 is 0 Å². The minimum absolute atomic E-state index is 0.231. The van der Waals surface area contributed by atoms with Gasteiger partial charge < -0.3 is 18.8 Å². The summed E-state index contributed by atoms with van der Waals surface area (Å²) in [6.45, 7) is 9.99. The van der Waals surface area contributed by atoms with E-state index in [2.05, 4.69) is 77.9 Å². The van der Waals surface area contributed by atoms with Crippen LogP contribution < -0.4 is 14.2 Å². The highest BCUT2D eigenvalue weighted by molar-refractivity contribution is 5.86. The Labute approximate surface area is 233 Å². The van der Waals surface area contributed by atoms with Crippen LogP contribution in [-0.4, -0.2) is 40.8 Å². The van der Waals surface area contributed by atoms with Crippen LogP contribution in [0.1, 0.15) is 57.7 Å². The lowest BCUT2D eigenvalue weighted by molar-refractivity contribution is 0.126. The van der Waals surface area contributed by atoms with Crippen LogP contribution in [0.3, 0.4) is 0 Å². The van der Waals surface area contributed by atoms with E-state index in [0.29, 0.717) is 0 Å². The fourth-order valence-electron chi connectivity index (χ4n) is 4.88. The molecule has 0 aliphatic rings. The van der Waals surface area contributed by atoms with E-state index < -0.39 is 0 Å². The van der Waals surface area contributed by atoms with Gasteiger partial charge in [0, 0.05) is 54.6 Å². The first-order valence-corrected chi connectivity index (χ1v) is 14.0. The first-order valence-electron chi connectivity index (χ1n) is 14.0. The Morgan fingerprint density at radius 1 is 0.769 bits per heavy atom. The fraction of sp³-hybridized carbons (Fsp3) is 0.424. The van der Waals surface area contributed by atoms with Gasteiger partial charge in [-0.1, -0.05) is 37.1 Å². The zero-order chi connectivity index (χ0) is 27.7. The van der Waals surface area contributed by atoms with Gasteiger partial charge in [-0.3, -0.25) is 9.88 Å². The number of aromatic nitrogens is 2. The number of aryl methyl sites for hydroxylation is 1.